The Morgan fingerprint density at radius 3 is 2.69 bits per heavy atom. The first-order valence-corrected chi connectivity index (χ1v) is 9.69. The van der Waals surface area contributed by atoms with Crippen molar-refractivity contribution in [2.24, 2.45) is 0 Å². The maximum absolute atomic E-state index is 13.2. The maximum Gasteiger partial charge on any atom is 0.262 e. The lowest BCUT2D eigenvalue weighted by Crippen LogP contribution is -2.40. The van der Waals surface area contributed by atoms with Gasteiger partial charge in [0.15, 0.2) is 18.1 Å². The molecule has 9 heteroatoms. The molecule has 1 aliphatic rings. The molecule has 6 nitrogen and oxygen atoms in total. The average Bonchev–Trinajstić information content (AvgIpc) is 2.75. The standard InChI is InChI=1S/C20H20ClFN2O4S/c1-26-18-10-13(20(29)24-6-8-27-9-7-24)2-5-17(18)28-12-19(25)23-14-3-4-16(22)15(21)11-14/h2-5,10-11H,6-9,12H2,1H3,(H,23,25). The SMILES string of the molecule is COc1cc(C(=S)N2CCOCC2)ccc1OCC(=O)Nc1ccc(F)c(Cl)c1. The van der Waals surface area contributed by atoms with Gasteiger partial charge >= 0.3 is 0 Å². The number of hydrogen-bond donors (Lipinski definition) is 1. The highest BCUT2D eigenvalue weighted by atomic mass is 35.5. The molecule has 0 aromatic heterocycles. The lowest BCUT2D eigenvalue weighted by molar-refractivity contribution is -0.118. The largest absolute Gasteiger partial charge is 0.493 e. The molecule has 1 N–H and O–H groups in total. The second-order valence-electron chi connectivity index (χ2n) is 6.24. The number of hydrogen-bond acceptors (Lipinski definition) is 5. The summed E-state index contributed by atoms with van der Waals surface area (Å²) >= 11 is 11.3. The molecule has 2 aromatic carbocycles. The second kappa shape index (κ2) is 9.87. The summed E-state index contributed by atoms with van der Waals surface area (Å²) in [7, 11) is 1.52. The van der Waals surface area contributed by atoms with Gasteiger partial charge in [-0.2, -0.15) is 0 Å². The van der Waals surface area contributed by atoms with Crippen LogP contribution in [0.1, 0.15) is 5.56 Å². The Bertz CT molecular complexity index is 906. The van der Waals surface area contributed by atoms with Crippen molar-refractivity contribution in [2.45, 2.75) is 0 Å². The Hall–Kier alpha value is -2.42. The van der Waals surface area contributed by atoms with Crippen LogP contribution in [0.5, 0.6) is 11.5 Å². The molecule has 1 aliphatic heterocycles. The third-order valence-electron chi connectivity index (χ3n) is 4.27. The van der Waals surface area contributed by atoms with E-state index in [9.17, 15) is 9.18 Å². The quantitative estimate of drug-likeness (QED) is 0.696. The number of halogens is 2. The highest BCUT2D eigenvalue weighted by Gasteiger charge is 2.17. The highest BCUT2D eigenvalue weighted by Crippen LogP contribution is 2.29. The lowest BCUT2D eigenvalue weighted by atomic mass is 10.1. The lowest BCUT2D eigenvalue weighted by Gasteiger charge is -2.29. The molecule has 0 aliphatic carbocycles. The molecule has 154 valence electrons. The van der Waals surface area contributed by atoms with E-state index >= 15 is 0 Å². The second-order valence-corrected chi connectivity index (χ2v) is 7.03. The molecule has 0 spiro atoms. The van der Waals surface area contributed by atoms with Gasteiger partial charge in [-0.1, -0.05) is 23.8 Å². The predicted molar refractivity (Wildman–Crippen MR) is 113 cm³/mol. The van der Waals surface area contributed by atoms with Crippen LogP contribution in [0.4, 0.5) is 10.1 Å². The Balaban J connectivity index is 1.62. The fourth-order valence-corrected chi connectivity index (χ4v) is 3.27. The van der Waals surface area contributed by atoms with Crippen LogP contribution in [-0.2, 0) is 9.53 Å². The van der Waals surface area contributed by atoms with Crippen LogP contribution >= 0.6 is 23.8 Å². The highest BCUT2D eigenvalue weighted by molar-refractivity contribution is 7.80. The number of methoxy groups -OCH3 is 1. The van der Waals surface area contributed by atoms with E-state index in [0.29, 0.717) is 35.4 Å². The number of morpholine rings is 1. The van der Waals surface area contributed by atoms with Crippen molar-refractivity contribution >= 4 is 40.4 Å². The summed E-state index contributed by atoms with van der Waals surface area (Å²) in [5, 5.41) is 2.52. The maximum atomic E-state index is 13.2. The number of carbonyl (C=O) groups is 1. The molecule has 0 atom stereocenters. The van der Waals surface area contributed by atoms with E-state index in [2.05, 4.69) is 10.2 Å². The van der Waals surface area contributed by atoms with E-state index in [1.54, 1.807) is 12.1 Å². The summed E-state index contributed by atoms with van der Waals surface area (Å²) in [6.07, 6.45) is 0. The van der Waals surface area contributed by atoms with Crippen LogP contribution in [0.25, 0.3) is 0 Å². The zero-order valence-corrected chi connectivity index (χ0v) is 17.3. The van der Waals surface area contributed by atoms with Gasteiger partial charge in [-0.3, -0.25) is 4.79 Å². The van der Waals surface area contributed by atoms with Gasteiger partial charge in [-0.05, 0) is 36.4 Å². The van der Waals surface area contributed by atoms with Crippen molar-refractivity contribution in [2.75, 3.05) is 45.3 Å². The number of benzene rings is 2. The number of carbonyl (C=O) groups excluding carboxylic acids is 1. The molecular formula is C20H20ClFN2O4S. The smallest absolute Gasteiger partial charge is 0.262 e. The van der Waals surface area contributed by atoms with Crippen molar-refractivity contribution in [1.82, 2.24) is 4.90 Å². The monoisotopic (exact) mass is 438 g/mol. The number of anilines is 1. The first-order chi connectivity index (χ1) is 14.0. The molecular weight excluding hydrogens is 419 g/mol. The van der Waals surface area contributed by atoms with Crippen molar-refractivity contribution in [3.05, 3.63) is 52.8 Å². The van der Waals surface area contributed by atoms with E-state index in [1.165, 1.54) is 25.3 Å². The van der Waals surface area contributed by atoms with Crippen LogP contribution in [0.3, 0.4) is 0 Å². The van der Waals surface area contributed by atoms with E-state index < -0.39 is 11.7 Å². The molecule has 1 heterocycles. The van der Waals surface area contributed by atoms with Crippen LogP contribution < -0.4 is 14.8 Å². The summed E-state index contributed by atoms with van der Waals surface area (Å²) in [6.45, 7) is 2.53. The molecule has 1 fully saturated rings. The van der Waals surface area contributed by atoms with Gasteiger partial charge in [0.05, 0.1) is 25.3 Å². The molecule has 1 saturated heterocycles. The Morgan fingerprint density at radius 2 is 2.00 bits per heavy atom. The number of thiocarbonyl (C=S) groups is 1. The molecule has 0 unspecified atom stereocenters. The zero-order valence-electron chi connectivity index (χ0n) is 15.7. The molecule has 29 heavy (non-hydrogen) atoms. The molecule has 0 saturated carbocycles. The minimum atomic E-state index is -0.555. The number of nitrogens with zero attached hydrogens (tertiary/aromatic N) is 1. The molecule has 3 rings (SSSR count). The van der Waals surface area contributed by atoms with E-state index in [-0.39, 0.29) is 11.6 Å². The third kappa shape index (κ3) is 5.56. The van der Waals surface area contributed by atoms with Crippen LogP contribution in [0.15, 0.2) is 36.4 Å². The van der Waals surface area contributed by atoms with Gasteiger partial charge in [0.2, 0.25) is 0 Å². The van der Waals surface area contributed by atoms with Crippen LogP contribution in [0.2, 0.25) is 5.02 Å². The summed E-state index contributed by atoms with van der Waals surface area (Å²) in [5.41, 5.74) is 1.21. The number of nitrogens with one attached hydrogen (secondary N) is 1. The fraction of sp³-hybridized carbons (Fsp3) is 0.300. The number of rotatable bonds is 6. The van der Waals surface area contributed by atoms with Crippen molar-refractivity contribution in [3.8, 4) is 11.5 Å². The van der Waals surface area contributed by atoms with Crippen molar-refractivity contribution in [1.29, 1.82) is 0 Å². The topological polar surface area (TPSA) is 60.0 Å². The number of ether oxygens (including phenoxy) is 3. The third-order valence-corrected chi connectivity index (χ3v) is 5.05. The Morgan fingerprint density at radius 1 is 1.24 bits per heavy atom. The minimum absolute atomic E-state index is 0.0720. The first kappa shape index (κ1) is 21.3. The van der Waals surface area contributed by atoms with Crippen LogP contribution in [-0.4, -0.2) is 55.8 Å². The average molecular weight is 439 g/mol. The summed E-state index contributed by atoms with van der Waals surface area (Å²) < 4.78 is 29.5. The predicted octanol–water partition coefficient (Wildman–Crippen LogP) is 3.51. The van der Waals surface area contributed by atoms with Gasteiger partial charge in [0.25, 0.3) is 5.91 Å². The molecule has 0 radical (unpaired) electrons. The Labute approximate surface area is 178 Å². The van der Waals surface area contributed by atoms with Gasteiger partial charge in [-0.15, -0.1) is 0 Å². The zero-order chi connectivity index (χ0) is 20.8. The normalized spacial score (nSPS) is 13.7. The minimum Gasteiger partial charge on any atom is -0.493 e. The Kier molecular flexibility index (Phi) is 7.24. The summed E-state index contributed by atoms with van der Waals surface area (Å²) in [4.78, 5) is 14.9. The van der Waals surface area contributed by atoms with E-state index in [0.717, 1.165) is 18.7 Å². The van der Waals surface area contributed by atoms with Gasteiger partial charge < -0.3 is 24.4 Å². The van der Waals surface area contributed by atoms with Gasteiger partial charge in [0.1, 0.15) is 10.8 Å². The summed E-state index contributed by atoms with van der Waals surface area (Å²) in [6, 6.07) is 9.25. The van der Waals surface area contributed by atoms with Crippen molar-refractivity contribution < 1.29 is 23.4 Å². The fourth-order valence-electron chi connectivity index (χ4n) is 2.78. The van der Waals surface area contributed by atoms with Gasteiger partial charge in [-0.25, -0.2) is 4.39 Å². The first-order valence-electron chi connectivity index (χ1n) is 8.90. The van der Waals surface area contributed by atoms with E-state index in [4.69, 9.17) is 38.0 Å². The molecule has 2 aromatic rings. The molecule has 0 bridgehead atoms. The number of amides is 1. The summed E-state index contributed by atoms with van der Waals surface area (Å²) in [5.74, 6) is -0.0903. The molecule has 1 amide bonds. The van der Waals surface area contributed by atoms with Gasteiger partial charge in [0, 0.05) is 24.3 Å². The van der Waals surface area contributed by atoms with Crippen LogP contribution in [0, 0.1) is 5.82 Å². The van der Waals surface area contributed by atoms with Crippen molar-refractivity contribution in [3.63, 3.8) is 0 Å². The van der Waals surface area contributed by atoms with E-state index in [1.807, 2.05) is 6.07 Å².